The fourth-order valence-electron chi connectivity index (χ4n) is 2.66. The predicted molar refractivity (Wildman–Crippen MR) is 81.0 cm³/mol. The third-order valence-electron chi connectivity index (χ3n) is 3.90. The molecule has 3 rings (SSSR count). The molecule has 1 aromatic heterocycles. The first-order chi connectivity index (χ1) is 10.8. The Hall–Kier alpha value is -2.01. The number of benzene rings is 1. The Morgan fingerprint density at radius 3 is 3.05 bits per heavy atom. The summed E-state index contributed by atoms with van der Waals surface area (Å²) in [5.41, 5.74) is 1.53. The maximum atomic E-state index is 12.0. The second-order valence-electron chi connectivity index (χ2n) is 5.47. The van der Waals surface area contributed by atoms with Crippen LogP contribution in [0.1, 0.15) is 24.8 Å². The second-order valence-corrected chi connectivity index (χ2v) is 5.47. The van der Waals surface area contributed by atoms with Crippen LogP contribution in [-0.2, 0) is 20.7 Å². The van der Waals surface area contributed by atoms with Crippen LogP contribution in [0.4, 0.5) is 0 Å². The van der Waals surface area contributed by atoms with Gasteiger partial charge in [0.2, 0.25) is 0 Å². The van der Waals surface area contributed by atoms with Crippen molar-refractivity contribution in [2.45, 2.75) is 31.8 Å². The van der Waals surface area contributed by atoms with Crippen LogP contribution >= 0.6 is 0 Å². The SMILES string of the molecule is COc1ccc2c(CC(=O)OCC3CCCCO3)coc2c1. The average molecular weight is 304 g/mol. The number of esters is 1. The Kier molecular flexibility index (Phi) is 4.63. The summed E-state index contributed by atoms with van der Waals surface area (Å²) in [4.78, 5) is 12.0. The van der Waals surface area contributed by atoms with Gasteiger partial charge >= 0.3 is 5.97 Å². The Bertz CT molecular complexity index is 640. The second kappa shape index (κ2) is 6.83. The molecule has 5 nitrogen and oxygen atoms in total. The molecule has 0 amide bonds. The summed E-state index contributed by atoms with van der Waals surface area (Å²) in [6.45, 7) is 1.10. The van der Waals surface area contributed by atoms with E-state index in [1.54, 1.807) is 19.4 Å². The van der Waals surface area contributed by atoms with Crippen LogP contribution in [0.3, 0.4) is 0 Å². The molecule has 0 radical (unpaired) electrons. The van der Waals surface area contributed by atoms with Crippen molar-refractivity contribution in [1.29, 1.82) is 0 Å². The monoisotopic (exact) mass is 304 g/mol. The number of hydrogen-bond acceptors (Lipinski definition) is 5. The Morgan fingerprint density at radius 1 is 1.36 bits per heavy atom. The third-order valence-corrected chi connectivity index (χ3v) is 3.90. The Labute approximate surface area is 129 Å². The average Bonchev–Trinajstić information content (AvgIpc) is 2.96. The van der Waals surface area contributed by atoms with Crippen LogP contribution < -0.4 is 4.74 Å². The first-order valence-electron chi connectivity index (χ1n) is 7.57. The minimum absolute atomic E-state index is 0.0445. The van der Waals surface area contributed by atoms with Crippen LogP contribution in [0.15, 0.2) is 28.9 Å². The minimum Gasteiger partial charge on any atom is -0.497 e. The summed E-state index contributed by atoms with van der Waals surface area (Å²) in [7, 11) is 1.61. The number of ether oxygens (including phenoxy) is 3. The fraction of sp³-hybridized carbons (Fsp3) is 0.471. The molecule has 22 heavy (non-hydrogen) atoms. The molecule has 2 aromatic rings. The van der Waals surface area contributed by atoms with E-state index in [2.05, 4.69) is 0 Å². The summed E-state index contributed by atoms with van der Waals surface area (Å²) in [5.74, 6) is 0.470. The van der Waals surface area contributed by atoms with E-state index in [4.69, 9.17) is 18.6 Å². The highest BCUT2D eigenvalue weighted by Gasteiger charge is 2.17. The first kappa shape index (κ1) is 14.9. The van der Waals surface area contributed by atoms with Crippen molar-refractivity contribution in [2.24, 2.45) is 0 Å². The molecule has 0 bridgehead atoms. The lowest BCUT2D eigenvalue weighted by Crippen LogP contribution is -2.26. The lowest BCUT2D eigenvalue weighted by molar-refractivity contribution is -0.148. The number of fused-ring (bicyclic) bond motifs is 1. The van der Waals surface area contributed by atoms with E-state index in [0.29, 0.717) is 12.2 Å². The predicted octanol–water partition coefficient (Wildman–Crippen LogP) is 3.10. The molecule has 2 heterocycles. The molecule has 0 aliphatic carbocycles. The van der Waals surface area contributed by atoms with Gasteiger partial charge in [-0.25, -0.2) is 0 Å². The molecule has 1 atom stereocenters. The van der Waals surface area contributed by atoms with Crippen LogP contribution in [0.5, 0.6) is 5.75 Å². The van der Waals surface area contributed by atoms with Gasteiger partial charge in [-0.05, 0) is 31.4 Å². The van der Waals surface area contributed by atoms with Crippen molar-refractivity contribution in [1.82, 2.24) is 0 Å². The molecule has 1 aliphatic rings. The molecule has 0 N–H and O–H groups in total. The summed E-state index contributed by atoms with van der Waals surface area (Å²) in [6.07, 6.45) is 5.03. The maximum Gasteiger partial charge on any atom is 0.310 e. The van der Waals surface area contributed by atoms with Crippen LogP contribution in [0.2, 0.25) is 0 Å². The summed E-state index contributed by atoms with van der Waals surface area (Å²) < 4.78 is 21.5. The van der Waals surface area contributed by atoms with Crippen molar-refractivity contribution >= 4 is 16.9 Å². The first-order valence-corrected chi connectivity index (χ1v) is 7.57. The molecule has 1 aliphatic heterocycles. The van der Waals surface area contributed by atoms with Crippen molar-refractivity contribution in [3.8, 4) is 5.75 Å². The smallest absolute Gasteiger partial charge is 0.310 e. The molecule has 0 saturated carbocycles. The largest absolute Gasteiger partial charge is 0.497 e. The Balaban J connectivity index is 1.59. The van der Waals surface area contributed by atoms with Gasteiger partial charge in [0.05, 0.1) is 25.9 Å². The maximum absolute atomic E-state index is 12.0. The minimum atomic E-state index is -0.257. The van der Waals surface area contributed by atoms with E-state index in [-0.39, 0.29) is 18.5 Å². The molecule has 0 spiro atoms. The number of carbonyl (C=O) groups excluding carboxylic acids is 1. The summed E-state index contributed by atoms with van der Waals surface area (Å²) in [5, 5.41) is 0.909. The van der Waals surface area contributed by atoms with Crippen molar-refractivity contribution in [3.05, 3.63) is 30.0 Å². The molecule has 5 heteroatoms. The highest BCUT2D eigenvalue weighted by molar-refractivity contribution is 5.86. The Morgan fingerprint density at radius 2 is 2.27 bits per heavy atom. The van der Waals surface area contributed by atoms with Gasteiger partial charge in [-0.3, -0.25) is 4.79 Å². The lowest BCUT2D eigenvalue weighted by atomic mass is 10.1. The highest BCUT2D eigenvalue weighted by Crippen LogP contribution is 2.26. The molecule has 1 fully saturated rings. The third kappa shape index (κ3) is 3.42. The van der Waals surface area contributed by atoms with Gasteiger partial charge in [-0.15, -0.1) is 0 Å². The zero-order chi connectivity index (χ0) is 15.4. The van der Waals surface area contributed by atoms with Gasteiger partial charge in [-0.1, -0.05) is 0 Å². The lowest BCUT2D eigenvalue weighted by Gasteiger charge is -2.21. The summed E-state index contributed by atoms with van der Waals surface area (Å²) in [6, 6.07) is 5.55. The quantitative estimate of drug-likeness (QED) is 0.794. The van der Waals surface area contributed by atoms with Gasteiger partial charge < -0.3 is 18.6 Å². The van der Waals surface area contributed by atoms with Gasteiger partial charge in [-0.2, -0.15) is 0 Å². The standard InChI is InChI=1S/C17H20O5/c1-19-13-5-6-15-12(10-21-16(15)9-13)8-17(18)22-11-14-4-2-3-7-20-14/h5-6,9-10,14H,2-4,7-8,11H2,1H3. The summed E-state index contributed by atoms with van der Waals surface area (Å²) >= 11 is 0. The van der Waals surface area contributed by atoms with Gasteiger partial charge in [0.1, 0.15) is 17.9 Å². The molecular formula is C17H20O5. The topological polar surface area (TPSA) is 57.9 Å². The molecule has 1 saturated heterocycles. The fourth-order valence-corrected chi connectivity index (χ4v) is 2.66. The van der Waals surface area contributed by atoms with Crippen molar-refractivity contribution in [3.63, 3.8) is 0 Å². The van der Waals surface area contributed by atoms with Crippen LogP contribution in [0.25, 0.3) is 11.0 Å². The zero-order valence-electron chi connectivity index (χ0n) is 12.7. The van der Waals surface area contributed by atoms with E-state index >= 15 is 0 Å². The van der Waals surface area contributed by atoms with Crippen molar-refractivity contribution in [2.75, 3.05) is 20.3 Å². The molecule has 1 unspecified atom stereocenters. The number of carbonyl (C=O) groups is 1. The van der Waals surface area contributed by atoms with Crippen LogP contribution in [-0.4, -0.2) is 32.4 Å². The number of methoxy groups -OCH3 is 1. The molecular weight excluding hydrogens is 284 g/mol. The van der Waals surface area contributed by atoms with E-state index in [1.165, 1.54) is 0 Å². The zero-order valence-corrected chi connectivity index (χ0v) is 12.7. The highest BCUT2D eigenvalue weighted by atomic mass is 16.6. The van der Waals surface area contributed by atoms with E-state index in [9.17, 15) is 4.79 Å². The normalized spacial score (nSPS) is 18.3. The number of furan rings is 1. The van der Waals surface area contributed by atoms with E-state index < -0.39 is 0 Å². The van der Waals surface area contributed by atoms with Gasteiger partial charge in [0, 0.05) is 23.6 Å². The van der Waals surface area contributed by atoms with E-state index in [0.717, 1.165) is 42.6 Å². The molecule has 1 aromatic carbocycles. The van der Waals surface area contributed by atoms with Gasteiger partial charge in [0.25, 0.3) is 0 Å². The van der Waals surface area contributed by atoms with Crippen LogP contribution in [0, 0.1) is 0 Å². The van der Waals surface area contributed by atoms with Gasteiger partial charge in [0.15, 0.2) is 0 Å². The van der Waals surface area contributed by atoms with Crippen molar-refractivity contribution < 1.29 is 23.4 Å². The number of hydrogen-bond donors (Lipinski definition) is 0. The number of rotatable bonds is 5. The van der Waals surface area contributed by atoms with E-state index in [1.807, 2.05) is 12.1 Å². The molecule has 118 valence electrons.